The van der Waals surface area contributed by atoms with Gasteiger partial charge in [0, 0.05) is 34.6 Å². The lowest BCUT2D eigenvalue weighted by Crippen LogP contribution is -1.92. The molecule has 322 valence electrons. The lowest BCUT2D eigenvalue weighted by atomic mass is 9.86. The van der Waals surface area contributed by atoms with Gasteiger partial charge in [-0.3, -0.25) is 9.97 Å². The van der Waals surface area contributed by atoms with Crippen LogP contribution in [0.5, 0.6) is 0 Å². The van der Waals surface area contributed by atoms with Crippen molar-refractivity contribution in [3.8, 4) is 112 Å². The summed E-state index contributed by atoms with van der Waals surface area (Å²) in [4.78, 5) is 14.4. The molecule has 0 amide bonds. The number of rotatable bonds is 10. The maximum atomic E-state index is 5.05. The molecule has 0 aliphatic carbocycles. The largest absolute Gasteiger partial charge is 0.256 e. The molecule has 0 fully saturated rings. The molecule has 3 heteroatoms. The molecular weight excluding hydrogens is 823 g/mol. The number of nitrogens with zero attached hydrogens (tertiary/aromatic N) is 3. The van der Waals surface area contributed by atoms with E-state index in [2.05, 4.69) is 244 Å². The molecule has 0 spiro atoms. The molecule has 0 radical (unpaired) electrons. The van der Waals surface area contributed by atoms with Crippen molar-refractivity contribution in [3.63, 3.8) is 0 Å². The second-order valence-electron chi connectivity index (χ2n) is 17.4. The summed E-state index contributed by atoms with van der Waals surface area (Å²) in [5, 5.41) is 0. The average molecular weight is 870 g/mol. The van der Waals surface area contributed by atoms with Crippen LogP contribution in [0.4, 0.5) is 0 Å². The molecule has 0 unspecified atom stereocenters. The minimum atomic E-state index is 0.948. The summed E-state index contributed by atoms with van der Waals surface area (Å²) in [6.45, 7) is 4.14. The number of aromatic nitrogens is 3. The molecule has 3 nitrogen and oxygen atoms in total. The van der Waals surface area contributed by atoms with Gasteiger partial charge in [0.15, 0.2) is 0 Å². The maximum absolute atomic E-state index is 5.05. The second kappa shape index (κ2) is 18.6. The van der Waals surface area contributed by atoms with E-state index in [9.17, 15) is 0 Å². The fraction of sp³-hybridized carbons (Fsp3) is 0.0308. The Morgan fingerprint density at radius 3 is 0.853 bits per heavy atom. The van der Waals surface area contributed by atoms with Gasteiger partial charge in [-0.1, -0.05) is 194 Å². The fourth-order valence-corrected chi connectivity index (χ4v) is 9.16. The number of benzene rings is 8. The van der Waals surface area contributed by atoms with Gasteiger partial charge in [0.2, 0.25) is 0 Å². The van der Waals surface area contributed by atoms with E-state index in [0.29, 0.717) is 0 Å². The van der Waals surface area contributed by atoms with Crippen LogP contribution < -0.4 is 0 Å². The Kier molecular flexibility index (Phi) is 11.5. The smallest absolute Gasteiger partial charge is 0.0709 e. The second-order valence-corrected chi connectivity index (χ2v) is 17.4. The Balaban J connectivity index is 1.02. The van der Waals surface area contributed by atoms with Crippen molar-refractivity contribution < 1.29 is 0 Å². The highest BCUT2D eigenvalue weighted by Gasteiger charge is 2.17. The van der Waals surface area contributed by atoms with E-state index >= 15 is 0 Å². The Hall–Kier alpha value is -8.79. The molecule has 8 aromatic carbocycles. The van der Waals surface area contributed by atoms with E-state index in [1.807, 2.05) is 18.5 Å². The van der Waals surface area contributed by atoms with Gasteiger partial charge >= 0.3 is 0 Å². The van der Waals surface area contributed by atoms with E-state index in [1.165, 1.54) is 11.1 Å². The summed E-state index contributed by atoms with van der Waals surface area (Å²) < 4.78 is 0. The summed E-state index contributed by atoms with van der Waals surface area (Å²) in [6, 6.07) is 84.9. The molecule has 3 aromatic heterocycles. The highest BCUT2D eigenvalue weighted by molar-refractivity contribution is 5.94. The molecule has 0 saturated carbocycles. The highest BCUT2D eigenvalue weighted by Crippen LogP contribution is 2.43. The van der Waals surface area contributed by atoms with Gasteiger partial charge in [-0.05, 0) is 134 Å². The van der Waals surface area contributed by atoms with Crippen LogP contribution >= 0.6 is 0 Å². The average Bonchev–Trinajstić information content (AvgIpc) is 3.42. The molecule has 68 heavy (non-hydrogen) atoms. The quantitative estimate of drug-likeness (QED) is 0.137. The first-order chi connectivity index (χ1) is 33.5. The summed E-state index contributed by atoms with van der Waals surface area (Å²) in [6.07, 6.45) is 3.85. The third-order valence-corrected chi connectivity index (χ3v) is 12.8. The first-order valence-electron chi connectivity index (χ1n) is 23.1. The van der Waals surface area contributed by atoms with Crippen LogP contribution in [0.3, 0.4) is 0 Å². The Bertz CT molecular complexity index is 3370. The Morgan fingerprint density at radius 1 is 0.221 bits per heavy atom. The lowest BCUT2D eigenvalue weighted by Gasteiger charge is -2.18. The fourth-order valence-electron chi connectivity index (χ4n) is 9.16. The number of hydrogen-bond acceptors (Lipinski definition) is 3. The molecule has 0 aliphatic rings. The zero-order valence-corrected chi connectivity index (χ0v) is 38.0. The van der Waals surface area contributed by atoms with Gasteiger partial charge < -0.3 is 0 Å². The lowest BCUT2D eigenvalue weighted by molar-refractivity contribution is 1.27. The van der Waals surface area contributed by atoms with Crippen LogP contribution in [-0.2, 0) is 0 Å². The molecule has 0 N–H and O–H groups in total. The molecule has 11 aromatic rings. The first kappa shape index (κ1) is 41.9. The van der Waals surface area contributed by atoms with Gasteiger partial charge in [0.05, 0.1) is 22.8 Å². The number of pyridine rings is 3. The van der Waals surface area contributed by atoms with E-state index in [0.717, 1.165) is 112 Å². The van der Waals surface area contributed by atoms with Crippen molar-refractivity contribution in [1.82, 2.24) is 15.0 Å². The SMILES string of the molecule is Cc1ccc(-c2ccc(-c3ccccc3-c3cc(-c4ccccc4-c4ccc(-c5ccc(C)cn5)cc4)cc(-c4ccccc4-c4ccc(-c5cccc(-c6ccccc6)n5)cc4)c3)cc2)nc1. The molecule has 0 bridgehead atoms. The molecule has 3 heterocycles. The minimum absolute atomic E-state index is 0.948. The molecule has 11 rings (SSSR count). The highest BCUT2D eigenvalue weighted by atomic mass is 14.7. The predicted molar refractivity (Wildman–Crippen MR) is 284 cm³/mol. The third-order valence-electron chi connectivity index (χ3n) is 12.8. The van der Waals surface area contributed by atoms with Crippen molar-refractivity contribution in [3.05, 3.63) is 260 Å². The van der Waals surface area contributed by atoms with Crippen molar-refractivity contribution in [2.45, 2.75) is 13.8 Å². The molecule has 0 aliphatic heterocycles. The third kappa shape index (κ3) is 8.69. The minimum Gasteiger partial charge on any atom is -0.256 e. The molecular formula is C65H47N3. The van der Waals surface area contributed by atoms with Crippen LogP contribution in [0.2, 0.25) is 0 Å². The molecule has 0 saturated heterocycles. The van der Waals surface area contributed by atoms with E-state index in [-0.39, 0.29) is 0 Å². The standard InChI is InChI=1S/C65H47N3/c1-44-23-37-62(66-42-44)50-31-25-46(26-32-50)56-15-6-9-18-59(56)53-39-54(60-19-10-7-16-57(60)47-27-33-51(34-28-47)63-38-24-45(2)43-67-63)41-55(40-53)61-20-11-8-17-58(61)48-29-35-52(36-30-48)65-22-12-21-64(68-65)49-13-4-3-5-14-49/h3-43H,1-2H3. The van der Waals surface area contributed by atoms with Crippen LogP contribution in [-0.4, -0.2) is 15.0 Å². The zero-order chi connectivity index (χ0) is 45.8. The monoisotopic (exact) mass is 869 g/mol. The number of hydrogen-bond donors (Lipinski definition) is 0. The Morgan fingerprint density at radius 2 is 0.515 bits per heavy atom. The summed E-state index contributed by atoms with van der Waals surface area (Å²) in [5.74, 6) is 0. The van der Waals surface area contributed by atoms with Crippen molar-refractivity contribution >= 4 is 0 Å². The molecule has 0 atom stereocenters. The maximum Gasteiger partial charge on any atom is 0.0709 e. The van der Waals surface area contributed by atoms with Crippen LogP contribution in [0.25, 0.3) is 112 Å². The zero-order valence-electron chi connectivity index (χ0n) is 38.0. The van der Waals surface area contributed by atoms with E-state index in [1.54, 1.807) is 0 Å². The van der Waals surface area contributed by atoms with Crippen molar-refractivity contribution in [2.75, 3.05) is 0 Å². The van der Waals surface area contributed by atoms with Crippen LogP contribution in [0, 0.1) is 13.8 Å². The summed E-state index contributed by atoms with van der Waals surface area (Å²) >= 11 is 0. The van der Waals surface area contributed by atoms with Crippen molar-refractivity contribution in [2.24, 2.45) is 0 Å². The van der Waals surface area contributed by atoms with E-state index in [4.69, 9.17) is 15.0 Å². The van der Waals surface area contributed by atoms with Gasteiger partial charge in [0.1, 0.15) is 0 Å². The van der Waals surface area contributed by atoms with E-state index < -0.39 is 0 Å². The van der Waals surface area contributed by atoms with Crippen LogP contribution in [0.1, 0.15) is 11.1 Å². The first-order valence-corrected chi connectivity index (χ1v) is 23.1. The topological polar surface area (TPSA) is 38.7 Å². The van der Waals surface area contributed by atoms with Gasteiger partial charge in [-0.25, -0.2) is 4.98 Å². The van der Waals surface area contributed by atoms with Crippen LogP contribution in [0.15, 0.2) is 249 Å². The summed E-state index contributed by atoms with van der Waals surface area (Å²) in [5.41, 5.74) is 24.4. The summed E-state index contributed by atoms with van der Waals surface area (Å²) in [7, 11) is 0. The van der Waals surface area contributed by atoms with Gasteiger partial charge in [-0.15, -0.1) is 0 Å². The predicted octanol–water partition coefficient (Wildman–Crippen LogP) is 17.2. The normalized spacial score (nSPS) is 11.1. The number of aryl methyl sites for hydroxylation is 2. The van der Waals surface area contributed by atoms with Gasteiger partial charge in [-0.2, -0.15) is 0 Å². The Labute approximate surface area is 398 Å². The van der Waals surface area contributed by atoms with Crippen molar-refractivity contribution in [1.29, 1.82) is 0 Å². The van der Waals surface area contributed by atoms with Gasteiger partial charge in [0.25, 0.3) is 0 Å².